The first-order valence-electron chi connectivity index (χ1n) is 7.99. The number of rotatable bonds is 4. The molecule has 1 aromatic carbocycles. The number of aliphatic imine (C=N–C) groups is 1. The lowest BCUT2D eigenvalue weighted by Gasteiger charge is -2.40. The third-order valence-electron chi connectivity index (χ3n) is 4.31. The van der Waals surface area contributed by atoms with Crippen LogP contribution in [-0.4, -0.2) is 44.6 Å². The molecule has 2 rings (SSSR count). The summed E-state index contributed by atoms with van der Waals surface area (Å²) in [5.74, 6) is 3.81. The predicted molar refractivity (Wildman–Crippen MR) is 113 cm³/mol. The van der Waals surface area contributed by atoms with Crippen LogP contribution in [0.2, 0.25) is 5.02 Å². The van der Waals surface area contributed by atoms with Crippen molar-refractivity contribution in [3.8, 4) is 12.3 Å². The maximum atomic E-state index is 6.18. The molecule has 24 heavy (non-hydrogen) atoms. The molecule has 4 nitrogen and oxygen atoms in total. The normalized spacial score (nSPS) is 21.5. The van der Waals surface area contributed by atoms with Crippen LogP contribution in [0.3, 0.4) is 0 Å². The van der Waals surface area contributed by atoms with E-state index in [1.54, 1.807) is 7.05 Å². The Morgan fingerprint density at radius 3 is 2.92 bits per heavy atom. The van der Waals surface area contributed by atoms with Gasteiger partial charge in [0.05, 0.1) is 6.54 Å². The summed E-state index contributed by atoms with van der Waals surface area (Å²) in [6, 6.07) is 8.55. The maximum absolute atomic E-state index is 6.18. The number of likely N-dealkylation sites (tertiary alicyclic amines) is 1. The first-order chi connectivity index (χ1) is 11.2. The molecule has 0 aliphatic carbocycles. The molecule has 132 valence electrons. The van der Waals surface area contributed by atoms with E-state index in [4.69, 9.17) is 18.0 Å². The van der Waals surface area contributed by atoms with Gasteiger partial charge in [-0.05, 0) is 50.0 Å². The van der Waals surface area contributed by atoms with Gasteiger partial charge in [-0.3, -0.25) is 9.89 Å². The molecule has 0 saturated carbocycles. The van der Waals surface area contributed by atoms with Crippen molar-refractivity contribution < 1.29 is 0 Å². The standard InChI is InChI=1S/C18H25ClN4.HI/c1-4-10-21-18(20-2)22-13-15-8-6-11-23(3)17(15)14-7-5-9-16(19)12-14;/h1,5,7,9,12,15,17H,6,8,10-11,13H2,2-3H3,(H2,20,21,22);1H. The average molecular weight is 461 g/mol. The minimum atomic E-state index is 0. The highest BCUT2D eigenvalue weighted by atomic mass is 127. The first kappa shape index (κ1) is 21.1. The second-order valence-corrected chi connectivity index (χ2v) is 6.33. The molecule has 2 atom stereocenters. The van der Waals surface area contributed by atoms with Gasteiger partial charge in [-0.1, -0.05) is 29.7 Å². The largest absolute Gasteiger partial charge is 0.356 e. The Balaban J connectivity index is 0.00000288. The van der Waals surface area contributed by atoms with E-state index in [1.165, 1.54) is 18.4 Å². The first-order valence-corrected chi connectivity index (χ1v) is 8.37. The Kier molecular flexibility index (Phi) is 9.49. The molecular weight excluding hydrogens is 435 g/mol. The minimum absolute atomic E-state index is 0. The van der Waals surface area contributed by atoms with Gasteiger partial charge in [0, 0.05) is 24.7 Å². The van der Waals surface area contributed by atoms with Gasteiger partial charge < -0.3 is 10.6 Å². The quantitative estimate of drug-likeness (QED) is 0.314. The van der Waals surface area contributed by atoms with Crippen LogP contribution in [0.15, 0.2) is 29.3 Å². The van der Waals surface area contributed by atoms with Crippen LogP contribution < -0.4 is 10.6 Å². The Labute approximate surface area is 167 Å². The van der Waals surface area contributed by atoms with Crippen LogP contribution in [0.25, 0.3) is 0 Å². The number of piperidine rings is 1. The van der Waals surface area contributed by atoms with Gasteiger partial charge in [-0.2, -0.15) is 0 Å². The third-order valence-corrected chi connectivity index (χ3v) is 4.55. The molecule has 0 bridgehead atoms. The maximum Gasteiger partial charge on any atom is 0.191 e. The highest BCUT2D eigenvalue weighted by molar-refractivity contribution is 14.0. The van der Waals surface area contributed by atoms with Gasteiger partial charge in [0.25, 0.3) is 0 Å². The van der Waals surface area contributed by atoms with E-state index in [-0.39, 0.29) is 24.0 Å². The molecule has 1 saturated heterocycles. The zero-order valence-electron chi connectivity index (χ0n) is 14.3. The smallest absolute Gasteiger partial charge is 0.191 e. The molecule has 0 amide bonds. The van der Waals surface area contributed by atoms with Crippen molar-refractivity contribution in [2.45, 2.75) is 18.9 Å². The second kappa shape index (κ2) is 10.8. The monoisotopic (exact) mass is 460 g/mol. The summed E-state index contributed by atoms with van der Waals surface area (Å²) in [4.78, 5) is 6.62. The molecule has 0 radical (unpaired) electrons. The second-order valence-electron chi connectivity index (χ2n) is 5.89. The van der Waals surface area contributed by atoms with Crippen molar-refractivity contribution in [1.82, 2.24) is 15.5 Å². The SMILES string of the molecule is C#CCNC(=NC)NCC1CCCN(C)C1c1cccc(Cl)c1.I. The Morgan fingerprint density at radius 1 is 1.46 bits per heavy atom. The summed E-state index contributed by atoms with van der Waals surface area (Å²) in [5.41, 5.74) is 1.28. The lowest BCUT2D eigenvalue weighted by Crippen LogP contribution is -2.45. The van der Waals surface area contributed by atoms with Gasteiger partial charge in [-0.25, -0.2) is 0 Å². The summed E-state index contributed by atoms with van der Waals surface area (Å²) in [7, 11) is 3.94. The van der Waals surface area contributed by atoms with Gasteiger partial charge in [0.1, 0.15) is 0 Å². The number of benzene rings is 1. The molecule has 1 aliphatic heterocycles. The number of hydrogen-bond donors (Lipinski definition) is 2. The van der Waals surface area contributed by atoms with Crippen molar-refractivity contribution >= 4 is 41.5 Å². The summed E-state index contributed by atoms with van der Waals surface area (Å²) in [6.45, 7) is 2.44. The summed E-state index contributed by atoms with van der Waals surface area (Å²) in [5, 5.41) is 7.29. The van der Waals surface area contributed by atoms with Crippen molar-refractivity contribution in [2.24, 2.45) is 10.9 Å². The lowest BCUT2D eigenvalue weighted by molar-refractivity contribution is 0.122. The fourth-order valence-corrected chi connectivity index (χ4v) is 3.47. The number of hydrogen-bond acceptors (Lipinski definition) is 2. The summed E-state index contributed by atoms with van der Waals surface area (Å²) >= 11 is 6.18. The average Bonchev–Trinajstić information content (AvgIpc) is 2.55. The fourth-order valence-electron chi connectivity index (χ4n) is 3.27. The molecule has 1 aliphatic rings. The van der Waals surface area contributed by atoms with Gasteiger partial charge in [0.15, 0.2) is 5.96 Å². The highest BCUT2D eigenvalue weighted by Gasteiger charge is 2.30. The molecule has 1 fully saturated rings. The number of nitrogens with zero attached hydrogens (tertiary/aromatic N) is 2. The van der Waals surface area contributed by atoms with Gasteiger partial charge >= 0.3 is 0 Å². The van der Waals surface area contributed by atoms with E-state index < -0.39 is 0 Å². The molecule has 1 heterocycles. The van der Waals surface area contributed by atoms with E-state index in [0.717, 1.165) is 24.1 Å². The van der Waals surface area contributed by atoms with Crippen LogP contribution in [0.1, 0.15) is 24.4 Å². The van der Waals surface area contributed by atoms with Crippen molar-refractivity contribution in [2.75, 3.05) is 33.7 Å². The van der Waals surface area contributed by atoms with E-state index in [1.807, 2.05) is 12.1 Å². The van der Waals surface area contributed by atoms with Gasteiger partial charge in [0.2, 0.25) is 0 Å². The number of halogens is 2. The van der Waals surface area contributed by atoms with Gasteiger partial charge in [-0.15, -0.1) is 30.4 Å². The van der Waals surface area contributed by atoms with E-state index >= 15 is 0 Å². The topological polar surface area (TPSA) is 39.7 Å². The van der Waals surface area contributed by atoms with Crippen LogP contribution >= 0.6 is 35.6 Å². The Bertz CT molecular complexity index is 585. The molecule has 0 spiro atoms. The number of nitrogens with one attached hydrogen (secondary N) is 2. The van der Waals surface area contributed by atoms with Crippen LogP contribution in [0, 0.1) is 18.3 Å². The van der Waals surface area contributed by atoms with Crippen molar-refractivity contribution in [3.63, 3.8) is 0 Å². The molecule has 6 heteroatoms. The van der Waals surface area contributed by atoms with Crippen LogP contribution in [-0.2, 0) is 0 Å². The van der Waals surface area contributed by atoms with Crippen molar-refractivity contribution in [3.05, 3.63) is 34.9 Å². The van der Waals surface area contributed by atoms with Crippen molar-refractivity contribution in [1.29, 1.82) is 0 Å². The molecule has 0 aromatic heterocycles. The van der Waals surface area contributed by atoms with Crippen LogP contribution in [0.4, 0.5) is 0 Å². The number of guanidine groups is 1. The highest BCUT2D eigenvalue weighted by Crippen LogP contribution is 2.35. The number of terminal acetylenes is 1. The van der Waals surface area contributed by atoms with E-state index in [0.29, 0.717) is 18.5 Å². The molecular formula is C18H26ClIN4. The van der Waals surface area contributed by atoms with Crippen LogP contribution in [0.5, 0.6) is 0 Å². The zero-order chi connectivity index (χ0) is 16.7. The molecule has 2 N–H and O–H groups in total. The Morgan fingerprint density at radius 2 is 2.25 bits per heavy atom. The van der Waals surface area contributed by atoms with E-state index in [2.05, 4.69) is 45.6 Å². The predicted octanol–water partition coefficient (Wildman–Crippen LogP) is 3.14. The summed E-state index contributed by atoms with van der Waals surface area (Å²) < 4.78 is 0. The Hall–Kier alpha value is -0.970. The third kappa shape index (κ3) is 5.83. The summed E-state index contributed by atoms with van der Waals surface area (Å²) in [6.07, 6.45) is 7.67. The minimum Gasteiger partial charge on any atom is -0.356 e. The molecule has 1 aromatic rings. The lowest BCUT2D eigenvalue weighted by atomic mass is 9.85. The zero-order valence-corrected chi connectivity index (χ0v) is 17.3. The molecule has 2 unspecified atom stereocenters. The van der Waals surface area contributed by atoms with E-state index in [9.17, 15) is 0 Å². The fraction of sp³-hybridized carbons (Fsp3) is 0.500.